The smallest absolute Gasteiger partial charge is 0.254 e. The summed E-state index contributed by atoms with van der Waals surface area (Å²) in [6, 6.07) is 6.22. The number of rotatable bonds is 8. The maximum Gasteiger partial charge on any atom is 0.254 e. The van der Waals surface area contributed by atoms with E-state index in [2.05, 4.69) is 20.2 Å². The van der Waals surface area contributed by atoms with Gasteiger partial charge < -0.3 is 14.8 Å². The number of amides is 1. The zero-order valence-corrected chi connectivity index (χ0v) is 19.2. The van der Waals surface area contributed by atoms with Gasteiger partial charge in [0.15, 0.2) is 0 Å². The number of nitrogens with zero attached hydrogens (tertiary/aromatic N) is 3. The summed E-state index contributed by atoms with van der Waals surface area (Å²) in [5.74, 6) is 2.22. The summed E-state index contributed by atoms with van der Waals surface area (Å²) >= 11 is 0. The predicted molar refractivity (Wildman–Crippen MR) is 123 cm³/mol. The van der Waals surface area contributed by atoms with Crippen LogP contribution in [0.5, 0.6) is 11.5 Å². The van der Waals surface area contributed by atoms with Crippen LogP contribution < -0.4 is 14.8 Å². The molecule has 1 aliphatic heterocycles. The van der Waals surface area contributed by atoms with E-state index < -0.39 is 0 Å². The molecule has 0 radical (unpaired) electrons. The first-order valence-corrected chi connectivity index (χ1v) is 11.7. The Hall–Kier alpha value is -2.67. The van der Waals surface area contributed by atoms with E-state index in [1.54, 1.807) is 26.7 Å². The molecule has 0 atom stereocenters. The fourth-order valence-electron chi connectivity index (χ4n) is 4.97. The van der Waals surface area contributed by atoms with E-state index in [-0.39, 0.29) is 5.91 Å². The standard InChI is InChI=1S/C25H34N4O3/c1-31-23-8-5-9-24(32-2)21(23)16-29-12-10-18(11-13-29)14-22-20(15-26-17-27-22)25(30)28-19-6-3-4-7-19/h5,8-9,15,17-19H,3-4,6-7,10-14,16H2,1-2H3,(H,28,30). The Balaban J connectivity index is 1.35. The number of hydrogen-bond acceptors (Lipinski definition) is 6. The molecule has 1 aromatic carbocycles. The van der Waals surface area contributed by atoms with Gasteiger partial charge >= 0.3 is 0 Å². The quantitative estimate of drug-likeness (QED) is 0.678. The lowest BCUT2D eigenvalue weighted by atomic mass is 9.90. The SMILES string of the molecule is COc1cccc(OC)c1CN1CCC(Cc2ncncc2C(=O)NC2CCCC2)CC1. The number of benzene rings is 1. The molecule has 0 spiro atoms. The fourth-order valence-corrected chi connectivity index (χ4v) is 4.97. The molecular weight excluding hydrogens is 404 g/mol. The third-order valence-electron chi connectivity index (χ3n) is 6.83. The Labute approximate surface area is 190 Å². The maximum atomic E-state index is 12.8. The van der Waals surface area contributed by atoms with Crippen LogP contribution in [0.15, 0.2) is 30.7 Å². The van der Waals surface area contributed by atoms with Crippen LogP contribution in [0.25, 0.3) is 0 Å². The van der Waals surface area contributed by atoms with Gasteiger partial charge in [0, 0.05) is 18.8 Å². The average Bonchev–Trinajstić information content (AvgIpc) is 3.33. The van der Waals surface area contributed by atoms with Crippen LogP contribution >= 0.6 is 0 Å². The highest BCUT2D eigenvalue weighted by atomic mass is 16.5. The number of piperidine rings is 1. The van der Waals surface area contributed by atoms with Crippen molar-refractivity contribution in [3.63, 3.8) is 0 Å². The summed E-state index contributed by atoms with van der Waals surface area (Å²) in [6.45, 7) is 2.81. The van der Waals surface area contributed by atoms with Crippen molar-refractivity contribution in [3.8, 4) is 11.5 Å². The fraction of sp³-hybridized carbons (Fsp3) is 0.560. The molecule has 2 fully saturated rings. The van der Waals surface area contributed by atoms with Crippen molar-refractivity contribution in [3.05, 3.63) is 47.5 Å². The second-order valence-electron chi connectivity index (χ2n) is 8.90. The molecule has 1 saturated heterocycles. The first-order chi connectivity index (χ1) is 15.7. The lowest BCUT2D eigenvalue weighted by molar-refractivity contribution is 0.0935. The molecule has 4 rings (SSSR count). The van der Waals surface area contributed by atoms with Crippen molar-refractivity contribution in [1.82, 2.24) is 20.2 Å². The summed E-state index contributed by atoms with van der Waals surface area (Å²) in [6.07, 6.45) is 10.7. The molecule has 0 unspecified atom stereocenters. The Morgan fingerprint density at radius 3 is 2.44 bits per heavy atom. The summed E-state index contributed by atoms with van der Waals surface area (Å²) in [7, 11) is 3.40. The van der Waals surface area contributed by atoms with E-state index in [0.29, 0.717) is 17.5 Å². The van der Waals surface area contributed by atoms with Crippen LogP contribution in [0.3, 0.4) is 0 Å². The molecule has 1 N–H and O–H groups in total. The van der Waals surface area contributed by atoms with Gasteiger partial charge in [-0.05, 0) is 63.2 Å². The Morgan fingerprint density at radius 2 is 1.78 bits per heavy atom. The van der Waals surface area contributed by atoms with Crippen LogP contribution in [-0.4, -0.2) is 54.1 Å². The number of nitrogens with one attached hydrogen (secondary N) is 1. The van der Waals surface area contributed by atoms with Crippen molar-refractivity contribution >= 4 is 5.91 Å². The van der Waals surface area contributed by atoms with E-state index >= 15 is 0 Å². The van der Waals surface area contributed by atoms with Crippen LogP contribution in [0, 0.1) is 5.92 Å². The van der Waals surface area contributed by atoms with Gasteiger partial charge in [0.2, 0.25) is 0 Å². The minimum atomic E-state index is -0.0202. The highest BCUT2D eigenvalue weighted by Crippen LogP contribution is 2.31. The Morgan fingerprint density at radius 1 is 1.09 bits per heavy atom. The highest BCUT2D eigenvalue weighted by molar-refractivity contribution is 5.95. The van der Waals surface area contributed by atoms with Gasteiger partial charge in [-0.2, -0.15) is 0 Å². The monoisotopic (exact) mass is 438 g/mol. The van der Waals surface area contributed by atoms with E-state index in [1.807, 2.05) is 18.2 Å². The Kier molecular flexibility index (Phi) is 7.58. The summed E-state index contributed by atoms with van der Waals surface area (Å²) in [4.78, 5) is 23.9. The van der Waals surface area contributed by atoms with Gasteiger partial charge in [0.1, 0.15) is 17.8 Å². The Bertz CT molecular complexity index is 884. The molecule has 2 aromatic rings. The normalized spacial score (nSPS) is 17.9. The van der Waals surface area contributed by atoms with E-state index in [1.165, 1.54) is 12.8 Å². The average molecular weight is 439 g/mol. The third kappa shape index (κ3) is 5.38. The van der Waals surface area contributed by atoms with Crippen molar-refractivity contribution in [1.29, 1.82) is 0 Å². The molecule has 32 heavy (non-hydrogen) atoms. The largest absolute Gasteiger partial charge is 0.496 e. The van der Waals surface area contributed by atoms with Gasteiger partial charge in [0.25, 0.3) is 5.91 Å². The summed E-state index contributed by atoms with van der Waals surface area (Å²) < 4.78 is 11.1. The van der Waals surface area contributed by atoms with Crippen LogP contribution in [0.4, 0.5) is 0 Å². The number of likely N-dealkylation sites (tertiary alicyclic amines) is 1. The number of methoxy groups -OCH3 is 2. The number of hydrogen-bond donors (Lipinski definition) is 1. The van der Waals surface area contributed by atoms with E-state index in [4.69, 9.17) is 9.47 Å². The molecule has 1 aromatic heterocycles. The molecule has 1 saturated carbocycles. The van der Waals surface area contributed by atoms with E-state index in [0.717, 1.165) is 74.5 Å². The lowest BCUT2D eigenvalue weighted by Gasteiger charge is -2.32. The number of aromatic nitrogens is 2. The first-order valence-electron chi connectivity index (χ1n) is 11.7. The molecular formula is C25H34N4O3. The van der Waals surface area contributed by atoms with Crippen LogP contribution in [0.1, 0.15) is 60.1 Å². The van der Waals surface area contributed by atoms with Gasteiger partial charge in [-0.15, -0.1) is 0 Å². The number of carbonyl (C=O) groups excluding carboxylic acids is 1. The van der Waals surface area contributed by atoms with E-state index in [9.17, 15) is 4.79 Å². The molecule has 1 aliphatic carbocycles. The molecule has 7 nitrogen and oxygen atoms in total. The molecule has 172 valence electrons. The first kappa shape index (κ1) is 22.5. The number of ether oxygens (including phenoxy) is 2. The third-order valence-corrected chi connectivity index (χ3v) is 6.83. The zero-order valence-electron chi connectivity index (χ0n) is 19.2. The van der Waals surface area contributed by atoms with Gasteiger partial charge in [-0.25, -0.2) is 9.97 Å². The van der Waals surface area contributed by atoms with Crippen molar-refractivity contribution in [2.75, 3.05) is 27.3 Å². The van der Waals surface area contributed by atoms with Gasteiger partial charge in [-0.3, -0.25) is 9.69 Å². The number of carbonyl (C=O) groups is 1. The second kappa shape index (κ2) is 10.8. The van der Waals surface area contributed by atoms with Crippen molar-refractivity contribution in [2.24, 2.45) is 5.92 Å². The van der Waals surface area contributed by atoms with Gasteiger partial charge in [-0.1, -0.05) is 18.9 Å². The predicted octanol–water partition coefficient (Wildman–Crippen LogP) is 3.62. The van der Waals surface area contributed by atoms with Gasteiger partial charge in [0.05, 0.1) is 31.0 Å². The maximum absolute atomic E-state index is 12.8. The summed E-state index contributed by atoms with van der Waals surface area (Å²) in [5.41, 5.74) is 2.61. The van der Waals surface area contributed by atoms with Crippen molar-refractivity contribution in [2.45, 2.75) is 57.5 Å². The minimum absolute atomic E-state index is 0.0202. The highest BCUT2D eigenvalue weighted by Gasteiger charge is 2.25. The zero-order chi connectivity index (χ0) is 22.3. The minimum Gasteiger partial charge on any atom is -0.496 e. The molecule has 7 heteroatoms. The molecule has 2 aliphatic rings. The molecule has 1 amide bonds. The van der Waals surface area contributed by atoms with Crippen LogP contribution in [-0.2, 0) is 13.0 Å². The second-order valence-corrected chi connectivity index (χ2v) is 8.90. The van der Waals surface area contributed by atoms with Crippen LogP contribution in [0.2, 0.25) is 0 Å². The summed E-state index contributed by atoms with van der Waals surface area (Å²) in [5, 5.41) is 3.18. The molecule has 0 bridgehead atoms. The lowest BCUT2D eigenvalue weighted by Crippen LogP contribution is -2.35. The van der Waals surface area contributed by atoms with Crippen molar-refractivity contribution < 1.29 is 14.3 Å². The topological polar surface area (TPSA) is 76.6 Å². The molecule has 2 heterocycles.